The maximum Gasteiger partial charge on any atom is 0.269 e. The minimum atomic E-state index is -3.99. The van der Waals surface area contributed by atoms with Gasteiger partial charge in [-0.25, -0.2) is 12.7 Å². The molecule has 0 saturated carbocycles. The van der Waals surface area contributed by atoms with Crippen molar-refractivity contribution in [2.45, 2.75) is 17.9 Å². The number of carbonyl (C=O) groups is 2. The third-order valence-corrected chi connectivity index (χ3v) is 5.99. The van der Waals surface area contributed by atoms with E-state index in [1.54, 1.807) is 37.3 Å². The average Bonchev–Trinajstić information content (AvgIpc) is 2.77. The Labute approximate surface area is 150 Å². The van der Waals surface area contributed by atoms with Crippen LogP contribution in [0.4, 0.5) is 0 Å². The summed E-state index contributed by atoms with van der Waals surface area (Å²) in [5.74, 6) is -1.25. The third-order valence-electron chi connectivity index (χ3n) is 3.95. The summed E-state index contributed by atoms with van der Waals surface area (Å²) < 4.78 is 25.5. The van der Waals surface area contributed by atoms with Crippen LogP contribution in [0.2, 0.25) is 5.02 Å². The Morgan fingerprint density at radius 3 is 2.44 bits per heavy atom. The number of rotatable bonds is 4. The van der Waals surface area contributed by atoms with Gasteiger partial charge in [-0.1, -0.05) is 35.9 Å². The van der Waals surface area contributed by atoms with Crippen molar-refractivity contribution in [2.24, 2.45) is 0 Å². The summed E-state index contributed by atoms with van der Waals surface area (Å²) in [7, 11) is -3.99. The van der Waals surface area contributed by atoms with Crippen LogP contribution in [0.15, 0.2) is 53.4 Å². The van der Waals surface area contributed by atoms with E-state index in [-0.39, 0.29) is 16.5 Å². The second-order valence-electron chi connectivity index (χ2n) is 5.65. The molecule has 2 aromatic carbocycles. The summed E-state index contributed by atoms with van der Waals surface area (Å²) in [6.07, 6.45) is 0. The van der Waals surface area contributed by atoms with E-state index in [9.17, 15) is 18.0 Å². The predicted molar refractivity (Wildman–Crippen MR) is 92.7 cm³/mol. The molecule has 25 heavy (non-hydrogen) atoms. The molecule has 1 aliphatic heterocycles. The average molecular weight is 379 g/mol. The Kier molecular flexibility index (Phi) is 4.53. The lowest BCUT2D eigenvalue weighted by molar-refractivity contribution is -0.121. The quantitative estimate of drug-likeness (QED) is 0.885. The summed E-state index contributed by atoms with van der Waals surface area (Å²) in [6, 6.07) is 12.5. The molecule has 0 bridgehead atoms. The van der Waals surface area contributed by atoms with Crippen LogP contribution in [0.3, 0.4) is 0 Å². The molecule has 0 saturated heterocycles. The first-order valence-electron chi connectivity index (χ1n) is 7.51. The molecule has 1 heterocycles. The van der Waals surface area contributed by atoms with Gasteiger partial charge in [0.05, 0.1) is 11.6 Å². The monoisotopic (exact) mass is 378 g/mol. The Morgan fingerprint density at radius 2 is 1.80 bits per heavy atom. The highest BCUT2D eigenvalue weighted by Gasteiger charge is 2.41. The molecule has 1 aliphatic rings. The van der Waals surface area contributed by atoms with Crippen LogP contribution in [0.5, 0.6) is 0 Å². The number of benzene rings is 2. The van der Waals surface area contributed by atoms with Crippen molar-refractivity contribution in [1.29, 1.82) is 0 Å². The van der Waals surface area contributed by atoms with Gasteiger partial charge in [0.1, 0.15) is 11.4 Å². The maximum absolute atomic E-state index is 12.4. The highest BCUT2D eigenvalue weighted by atomic mass is 35.5. The van der Waals surface area contributed by atoms with Gasteiger partial charge in [-0.15, -0.1) is 0 Å². The molecular weight excluding hydrogens is 364 g/mol. The first-order chi connectivity index (χ1) is 11.8. The van der Waals surface area contributed by atoms with Gasteiger partial charge in [0.2, 0.25) is 5.91 Å². The normalized spacial score (nSPS) is 16.4. The highest BCUT2D eigenvalue weighted by Crippen LogP contribution is 2.29. The van der Waals surface area contributed by atoms with E-state index >= 15 is 0 Å². The zero-order valence-electron chi connectivity index (χ0n) is 13.3. The number of fused-ring (bicyclic) bond motifs is 1. The Balaban J connectivity index is 1.73. The van der Waals surface area contributed by atoms with E-state index < -0.39 is 28.4 Å². The van der Waals surface area contributed by atoms with Crippen LogP contribution >= 0.6 is 11.6 Å². The summed E-state index contributed by atoms with van der Waals surface area (Å²) in [6.45, 7) is 1.20. The SMILES string of the molecule is CC(NC(=O)CN1C(=O)c2ccccc2S1(=O)=O)c1ccc(Cl)cc1. The molecule has 0 fully saturated rings. The number of sulfonamides is 1. The van der Waals surface area contributed by atoms with Gasteiger partial charge in [0, 0.05) is 5.02 Å². The standard InChI is InChI=1S/C17H15ClN2O4S/c1-11(12-6-8-13(18)9-7-12)19-16(21)10-20-17(22)14-4-2-3-5-15(14)25(20,23)24/h2-9,11H,10H2,1H3,(H,19,21). The van der Waals surface area contributed by atoms with Crippen molar-refractivity contribution in [2.75, 3.05) is 6.54 Å². The van der Waals surface area contributed by atoms with Gasteiger partial charge >= 0.3 is 0 Å². The largest absolute Gasteiger partial charge is 0.348 e. The molecule has 130 valence electrons. The Hall–Kier alpha value is -2.38. The molecule has 0 radical (unpaired) electrons. The molecule has 0 spiro atoms. The van der Waals surface area contributed by atoms with E-state index in [1.807, 2.05) is 0 Å². The molecule has 1 N–H and O–H groups in total. The lowest BCUT2D eigenvalue weighted by Crippen LogP contribution is -2.41. The summed E-state index contributed by atoms with van der Waals surface area (Å²) in [5.41, 5.74) is 0.901. The van der Waals surface area contributed by atoms with Crippen molar-refractivity contribution in [3.05, 3.63) is 64.7 Å². The number of nitrogens with zero attached hydrogens (tertiary/aromatic N) is 1. The number of carbonyl (C=O) groups excluding carboxylic acids is 2. The molecule has 0 aliphatic carbocycles. The fourth-order valence-corrected chi connectivity index (χ4v) is 4.29. The summed E-state index contributed by atoms with van der Waals surface area (Å²) in [4.78, 5) is 24.5. The molecule has 1 atom stereocenters. The molecule has 2 amide bonds. The number of hydrogen-bond donors (Lipinski definition) is 1. The van der Waals surface area contributed by atoms with Gasteiger partial charge in [0.15, 0.2) is 0 Å². The Morgan fingerprint density at radius 1 is 1.16 bits per heavy atom. The molecule has 0 aromatic heterocycles. The van der Waals surface area contributed by atoms with Crippen LogP contribution in [-0.2, 0) is 14.8 Å². The summed E-state index contributed by atoms with van der Waals surface area (Å²) >= 11 is 5.83. The topological polar surface area (TPSA) is 83.6 Å². The van der Waals surface area contributed by atoms with Gasteiger partial charge < -0.3 is 5.32 Å². The third kappa shape index (κ3) is 3.25. The van der Waals surface area contributed by atoms with Gasteiger partial charge in [0.25, 0.3) is 15.9 Å². The van der Waals surface area contributed by atoms with E-state index in [0.29, 0.717) is 9.33 Å². The number of halogens is 1. The van der Waals surface area contributed by atoms with Crippen LogP contribution in [0.25, 0.3) is 0 Å². The van der Waals surface area contributed by atoms with Crippen molar-refractivity contribution in [3.8, 4) is 0 Å². The van der Waals surface area contributed by atoms with Gasteiger partial charge in [-0.3, -0.25) is 9.59 Å². The molecule has 2 aromatic rings. The minimum Gasteiger partial charge on any atom is -0.348 e. The summed E-state index contributed by atoms with van der Waals surface area (Å²) in [5, 5.41) is 3.26. The zero-order valence-corrected chi connectivity index (χ0v) is 14.8. The second kappa shape index (κ2) is 6.50. The molecule has 3 rings (SSSR count). The number of nitrogens with one attached hydrogen (secondary N) is 1. The van der Waals surface area contributed by atoms with Gasteiger partial charge in [-0.05, 0) is 36.8 Å². The minimum absolute atomic E-state index is 0.0708. The van der Waals surface area contributed by atoms with E-state index in [1.165, 1.54) is 18.2 Å². The first-order valence-corrected chi connectivity index (χ1v) is 9.33. The predicted octanol–water partition coefficient (Wildman–Crippen LogP) is 2.36. The fraction of sp³-hybridized carbons (Fsp3) is 0.176. The smallest absolute Gasteiger partial charge is 0.269 e. The van der Waals surface area contributed by atoms with E-state index in [0.717, 1.165) is 5.56 Å². The number of hydrogen-bond acceptors (Lipinski definition) is 4. The molecule has 8 heteroatoms. The molecule has 6 nitrogen and oxygen atoms in total. The second-order valence-corrected chi connectivity index (χ2v) is 7.92. The van der Waals surface area contributed by atoms with Crippen LogP contribution in [0, 0.1) is 0 Å². The lowest BCUT2D eigenvalue weighted by atomic mass is 10.1. The highest BCUT2D eigenvalue weighted by molar-refractivity contribution is 7.90. The fourth-order valence-electron chi connectivity index (χ4n) is 2.64. The van der Waals surface area contributed by atoms with Crippen LogP contribution in [0.1, 0.15) is 28.9 Å². The zero-order chi connectivity index (χ0) is 18.2. The lowest BCUT2D eigenvalue weighted by Gasteiger charge is -2.18. The first kappa shape index (κ1) is 17.4. The molecular formula is C17H15ClN2O4S. The van der Waals surface area contributed by atoms with Crippen LogP contribution in [-0.4, -0.2) is 31.1 Å². The molecule has 1 unspecified atom stereocenters. The van der Waals surface area contributed by atoms with Crippen LogP contribution < -0.4 is 5.32 Å². The Bertz CT molecular complexity index is 941. The van der Waals surface area contributed by atoms with Crippen molar-refractivity contribution >= 4 is 33.4 Å². The van der Waals surface area contributed by atoms with Crippen molar-refractivity contribution in [3.63, 3.8) is 0 Å². The number of amides is 2. The van der Waals surface area contributed by atoms with Crippen molar-refractivity contribution < 1.29 is 18.0 Å². The van der Waals surface area contributed by atoms with E-state index in [2.05, 4.69) is 5.32 Å². The van der Waals surface area contributed by atoms with Gasteiger partial charge in [-0.2, -0.15) is 0 Å². The van der Waals surface area contributed by atoms with E-state index in [4.69, 9.17) is 11.6 Å². The maximum atomic E-state index is 12.4. The van der Waals surface area contributed by atoms with Crippen molar-refractivity contribution in [1.82, 2.24) is 9.62 Å².